The molecule has 3 unspecified atom stereocenters. The van der Waals surface area contributed by atoms with Gasteiger partial charge in [0.15, 0.2) is 6.10 Å². The molecular weight excluding hydrogens is 1750 g/mol. The molecule has 2 aliphatic carbocycles. The number of aliphatic hydroxyl groups excluding tert-OH is 1. The van der Waals surface area contributed by atoms with Crippen molar-refractivity contribution in [1.29, 1.82) is 0 Å². The predicted octanol–water partition coefficient (Wildman–Crippen LogP) is 10.5. The summed E-state index contributed by atoms with van der Waals surface area (Å²) in [6.45, 7) is 32.7. The molecule has 123 heavy (non-hydrogen) atoms. The van der Waals surface area contributed by atoms with Crippen LogP contribution >= 0.6 is 41.9 Å². The van der Waals surface area contributed by atoms with Gasteiger partial charge in [0.05, 0.1) is 55.8 Å². The molecule has 5 heterocycles. The number of alkyl halides is 2. The number of aromatic nitrogens is 2. The summed E-state index contributed by atoms with van der Waals surface area (Å²) in [5.41, 5.74) is 0.256. The zero-order chi connectivity index (χ0) is 91.8. The molecule has 0 radical (unpaired) electrons. The number of urea groups is 2. The van der Waals surface area contributed by atoms with Crippen LogP contribution in [0.3, 0.4) is 0 Å². The van der Waals surface area contributed by atoms with E-state index in [-0.39, 0.29) is 60.3 Å². The third-order valence-corrected chi connectivity index (χ3v) is 27.6. The maximum Gasteiger partial charge on any atom is 0.315 e. The van der Waals surface area contributed by atoms with Crippen LogP contribution in [0, 0.1) is 28.2 Å². The molecule has 3 aliphatic heterocycles. The molecule has 2 saturated carbocycles. The Morgan fingerprint density at radius 2 is 0.984 bits per heavy atom. The number of pyridine rings is 2. The van der Waals surface area contributed by atoms with Crippen molar-refractivity contribution in [2.45, 2.75) is 273 Å². The summed E-state index contributed by atoms with van der Waals surface area (Å²) in [6, 6.07) is 13.5. The number of ketones is 1. The van der Waals surface area contributed by atoms with E-state index in [2.05, 4.69) is 52.5 Å². The van der Waals surface area contributed by atoms with E-state index >= 15 is 0 Å². The number of benzene rings is 3. The van der Waals surface area contributed by atoms with Crippen molar-refractivity contribution >= 4 is 141 Å². The molecule has 0 bridgehead atoms. The molecule has 2 saturated heterocycles. The fourth-order valence-corrected chi connectivity index (χ4v) is 21.5. The predicted molar refractivity (Wildman–Crippen MR) is 470 cm³/mol. The van der Waals surface area contributed by atoms with Crippen LogP contribution in [0.1, 0.15) is 205 Å². The van der Waals surface area contributed by atoms with Gasteiger partial charge in [-0.2, -0.15) is 0 Å². The number of rotatable bonds is 27. The number of aryl methyl sites for hydroxylation is 2. The van der Waals surface area contributed by atoms with Crippen LogP contribution in [-0.4, -0.2) is 212 Å². The number of methoxy groups -OCH3 is 2. The average molecular weight is 1880 g/mol. The van der Waals surface area contributed by atoms with Gasteiger partial charge in [0.25, 0.3) is 11.8 Å². The third-order valence-electron chi connectivity index (χ3n) is 19.5. The number of aliphatic hydroxyl groups is 1. The van der Waals surface area contributed by atoms with Gasteiger partial charge >= 0.3 is 140 Å². The van der Waals surface area contributed by atoms with Crippen LogP contribution in [-0.2, 0) is 60.2 Å². The molecule has 5 aliphatic rings. The van der Waals surface area contributed by atoms with Gasteiger partial charge in [-0.1, -0.05) is 68.2 Å². The van der Waals surface area contributed by atoms with E-state index in [1.807, 2.05) is 147 Å². The van der Waals surface area contributed by atoms with Crippen molar-refractivity contribution in [3.8, 4) is 23.0 Å². The second-order valence-electron chi connectivity index (χ2n) is 35.0. The summed E-state index contributed by atoms with van der Waals surface area (Å²) in [7, 11) is 3.16. The summed E-state index contributed by atoms with van der Waals surface area (Å²) in [5, 5.41) is 35.2. The van der Waals surface area contributed by atoms with Crippen LogP contribution in [0.25, 0.3) is 21.8 Å². The summed E-state index contributed by atoms with van der Waals surface area (Å²) >= 11 is 3.50. The Morgan fingerprint density at radius 1 is 0.577 bits per heavy atom. The molecule has 10 amide bonds. The van der Waals surface area contributed by atoms with Crippen LogP contribution in [0.2, 0.25) is 0 Å². The van der Waals surface area contributed by atoms with Crippen LogP contribution in [0.15, 0.2) is 72.8 Å². The summed E-state index contributed by atoms with van der Waals surface area (Å²) in [6.07, 6.45) is 2.73. The van der Waals surface area contributed by atoms with E-state index in [0.29, 0.717) is 59.0 Å². The number of hydrogen-bond acceptors (Lipinski definition) is 24. The molecule has 3 aromatic carbocycles. The first-order valence-corrected chi connectivity index (χ1v) is 46.5. The number of ether oxygens (including phenoxy) is 4. The van der Waals surface area contributed by atoms with Crippen molar-refractivity contribution in [1.82, 2.24) is 62.3 Å². The Balaban J connectivity index is 0.000000300. The zero-order valence-electron chi connectivity index (χ0n) is 73.9. The smallest absolute Gasteiger partial charge is 0.315 e. The fraction of sp³-hybridized carbons (Fsp3) is 0.570. The number of nitrogens with one attached hydrogen (secondary N) is 8. The van der Waals surface area contributed by atoms with E-state index in [4.69, 9.17) is 54.4 Å². The molecule has 2 aromatic heterocycles. The number of amides is 10. The number of halogens is 3. The first-order chi connectivity index (χ1) is 57.4. The molecule has 34 nitrogen and oxygen atoms in total. The van der Waals surface area contributed by atoms with Crippen molar-refractivity contribution in [2.24, 2.45) is 10.8 Å². The molecule has 5 aromatic rings. The number of fused-ring (bicyclic) bond motifs is 3. The molecule has 680 valence electrons. The monoisotopic (exact) mass is 1870 g/mol. The Morgan fingerprint density at radius 3 is 1.37 bits per heavy atom. The van der Waals surface area contributed by atoms with Gasteiger partial charge in [-0.15, -0.1) is 23.2 Å². The van der Waals surface area contributed by atoms with Crippen molar-refractivity contribution in [3.63, 3.8) is 0 Å². The second-order valence-corrected chi connectivity index (χ2v) is 42.6. The second kappa shape index (κ2) is 42.0. The van der Waals surface area contributed by atoms with Gasteiger partial charge in [-0.3, -0.25) is 43.5 Å². The van der Waals surface area contributed by atoms with Gasteiger partial charge in [0.1, 0.15) is 59.4 Å². The minimum Gasteiger partial charge on any atom is -0.497 e. The number of nitrogens with zero attached hydrogens (tertiary/aromatic N) is 4. The molecule has 37 heteroatoms. The van der Waals surface area contributed by atoms with Gasteiger partial charge in [-0.05, 0) is 129 Å². The van der Waals surface area contributed by atoms with E-state index in [9.17, 15) is 67.4 Å². The van der Waals surface area contributed by atoms with Gasteiger partial charge in [0, 0.05) is 83.9 Å². The maximum absolute atomic E-state index is 14.4. The Labute approximate surface area is 732 Å². The van der Waals surface area contributed by atoms with E-state index in [1.54, 1.807) is 32.4 Å². The molecule has 0 spiro atoms. The zero-order valence-corrected chi connectivity index (χ0v) is 77.6. The van der Waals surface area contributed by atoms with Crippen molar-refractivity contribution in [3.05, 3.63) is 93.3 Å². The minimum absolute atomic E-state index is 0. The molecule has 9 N–H and O–H groups in total. The van der Waals surface area contributed by atoms with E-state index in [1.165, 1.54) is 28.0 Å². The third kappa shape index (κ3) is 27.7. The number of hydrogen-bond donors (Lipinski definition) is 9. The van der Waals surface area contributed by atoms with Crippen LogP contribution in [0.5, 0.6) is 23.0 Å². The number of carbonyl (C=O) groups is 13. The van der Waals surface area contributed by atoms with Gasteiger partial charge in [0.2, 0.25) is 29.4 Å². The number of Topliss-reactive ketones (excluding diaryl/α,β-unsaturated/α-hetero) is 1. The molecule has 10 rings (SSSR count). The Hall–Kier alpha value is -10.1. The van der Waals surface area contributed by atoms with Crippen molar-refractivity contribution < 1.29 is 100 Å². The first kappa shape index (κ1) is 100.0. The molecule has 9 atom stereocenters. The fourth-order valence-electron chi connectivity index (χ4n) is 13.8. The molecular formula is C86H123Cl2IN12O22. The standard InChI is InChI=1S/C36H54N6O7.C36H52N6O7.C13H13IO8.CH2Cl2.H2/c2*1-10-11-25(29(43)32(45)38-21-12-13-21)39-31(44)27-18-23(49-28-16-20(2)37-26-17-22(48-9)14-15-24(26)28)19-42(27)33(46)30(35(3,4)5)40-34(47)41-36(6,7)8;1-8(15)19-14(20-9(2)16,21-10(3)17)12-7-5-4-6-11(12)13(18)22-14;2-1-3;/h14-17,21,23,25,27,29-30,43H,10-13,18-19H2,1-9H3,(H,38,45)(H,39,44)(H2,40,41,47);14-17,21,23,25,27,30H,10-13,18-19H2,1-9H3,(H,38,45)(H,39,44)(H2,40,41,47);4-7H,1-3H3;1H2;1H/t23?,25-,27-,29?,30+;23?,25-,27-,30+;;;/m00.../s1/i;;;;1+1. The minimum atomic E-state index is -6.03. The van der Waals surface area contributed by atoms with E-state index < -0.39 is 172 Å². The average Bonchev–Trinajstić information content (AvgIpc) is 1.57. The number of likely N-dealkylation sites (tertiary alicyclic amines) is 2. The summed E-state index contributed by atoms with van der Waals surface area (Å²) in [4.78, 5) is 180. The largest absolute Gasteiger partial charge is 0.497 e. The normalized spacial score (nSPS) is 19.0. The Kier molecular flexibility index (Phi) is 34.2. The Bertz CT molecular complexity index is 4690. The maximum atomic E-state index is 14.4. The summed E-state index contributed by atoms with van der Waals surface area (Å²) < 4.78 is 44.3. The van der Waals surface area contributed by atoms with Gasteiger partial charge < -0.3 is 76.4 Å². The van der Waals surface area contributed by atoms with E-state index in [0.717, 1.165) is 62.9 Å². The first-order valence-electron chi connectivity index (χ1n) is 40.8. The molecule has 4 fully saturated rings. The van der Waals surface area contributed by atoms with Crippen LogP contribution < -0.4 is 61.5 Å². The topological polar surface area (TPSA) is 444 Å². The summed E-state index contributed by atoms with van der Waals surface area (Å²) in [5.74, 6) is -5.22. The van der Waals surface area contributed by atoms with Gasteiger partial charge in [-0.25, -0.2) is 9.59 Å². The van der Waals surface area contributed by atoms with Crippen LogP contribution in [0.4, 0.5) is 9.59 Å². The number of carbonyl (C=O) groups excluding carboxylic acids is 13. The quantitative estimate of drug-likeness (QED) is 0.0134. The van der Waals surface area contributed by atoms with Crippen molar-refractivity contribution in [2.75, 3.05) is 32.6 Å². The SMILES string of the molecule is CC(=O)OI1(OC(C)=O)(OC(C)=O)OC(=O)c2ccccc21.CCC[C@H](NC(=O)[C@@H]1CC(Oc2cc(C)nc3cc(OC)ccc23)CN1C(=O)[C@@H](NC(=O)NC(C)(C)C)C(C)(C)C)C(=O)C(=O)NC1CC1.CCC[C@H](NC(=O)[C@@H]1CC(Oc2cc(C)nc3cc(OC)ccc23)CN1C(=O)[C@@H](NC(=O)NC(C)(C)C)C(C)(C)C)C(O)C(=O)NC1CC1.ClCCl.[2HH].